The van der Waals surface area contributed by atoms with Gasteiger partial charge in [-0.25, -0.2) is 4.79 Å². The summed E-state index contributed by atoms with van der Waals surface area (Å²) in [5, 5.41) is 32.3. The Morgan fingerprint density at radius 2 is 1.42 bits per heavy atom. The summed E-state index contributed by atoms with van der Waals surface area (Å²) in [5.41, 5.74) is 0. The molecule has 5 amide bonds. The van der Waals surface area contributed by atoms with Crippen molar-refractivity contribution in [3.63, 3.8) is 0 Å². The lowest BCUT2D eigenvalue weighted by Gasteiger charge is -2.33. The number of aliphatic hydroxyl groups excluding tert-OH is 1. The third-order valence-electron chi connectivity index (χ3n) is 8.28. The zero-order chi connectivity index (χ0) is 32.4. The first-order valence-electron chi connectivity index (χ1n) is 15.3. The topological polar surface area (TPSA) is 206 Å². The van der Waals surface area contributed by atoms with Crippen LogP contribution >= 0.6 is 0 Å². The monoisotopic (exact) mass is 610 g/mol. The van der Waals surface area contributed by atoms with E-state index in [9.17, 15) is 39.0 Å². The van der Waals surface area contributed by atoms with Crippen LogP contribution in [0.4, 0.5) is 0 Å². The number of hydrogen-bond donors (Lipinski definition) is 7. The van der Waals surface area contributed by atoms with Crippen molar-refractivity contribution in [2.45, 2.75) is 110 Å². The van der Waals surface area contributed by atoms with Gasteiger partial charge in [0.05, 0.1) is 12.6 Å². The van der Waals surface area contributed by atoms with Gasteiger partial charge < -0.3 is 41.7 Å². The zero-order valence-corrected chi connectivity index (χ0v) is 26.1. The highest BCUT2D eigenvalue weighted by Crippen LogP contribution is 2.21. The lowest BCUT2D eigenvalue weighted by molar-refractivity contribution is -0.146. The SMILES string of the molecule is CC[C@H](C)[C@H](NC(=O)[C@@H](NC(=O)[C@@H]1CCCN1)C(C)C)C(=O)N[C@H](C(=O)N1CCC[C@H]1C(=O)N[C@@H](CO)C(=O)O)C(C)C. The number of carbonyl (C=O) groups excluding carboxylic acids is 5. The van der Waals surface area contributed by atoms with E-state index < -0.39 is 66.4 Å². The van der Waals surface area contributed by atoms with Gasteiger partial charge in [-0.1, -0.05) is 48.0 Å². The summed E-state index contributed by atoms with van der Waals surface area (Å²) in [6, 6.07) is -5.70. The smallest absolute Gasteiger partial charge is 0.328 e. The Hall–Kier alpha value is -3.26. The summed E-state index contributed by atoms with van der Waals surface area (Å²) in [5.74, 6) is -4.84. The van der Waals surface area contributed by atoms with E-state index in [0.29, 0.717) is 25.7 Å². The molecular weight excluding hydrogens is 560 g/mol. The minimum Gasteiger partial charge on any atom is -0.480 e. The molecule has 2 aliphatic rings. The molecule has 14 nitrogen and oxygen atoms in total. The number of nitrogens with one attached hydrogen (secondary N) is 5. The molecule has 0 aromatic heterocycles. The van der Waals surface area contributed by atoms with Gasteiger partial charge in [-0.15, -0.1) is 0 Å². The summed E-state index contributed by atoms with van der Waals surface area (Å²) in [6.07, 6.45) is 2.91. The largest absolute Gasteiger partial charge is 0.480 e. The molecule has 2 rings (SSSR count). The van der Waals surface area contributed by atoms with Crippen molar-refractivity contribution in [3.8, 4) is 0 Å². The van der Waals surface area contributed by atoms with Gasteiger partial charge in [-0.2, -0.15) is 0 Å². The fourth-order valence-electron chi connectivity index (χ4n) is 5.33. The van der Waals surface area contributed by atoms with Crippen molar-refractivity contribution in [2.24, 2.45) is 17.8 Å². The first-order chi connectivity index (χ1) is 20.2. The Morgan fingerprint density at radius 3 is 1.93 bits per heavy atom. The molecule has 0 saturated carbocycles. The van der Waals surface area contributed by atoms with Gasteiger partial charge in [0.15, 0.2) is 0 Å². The third kappa shape index (κ3) is 9.62. The number of carbonyl (C=O) groups is 6. The van der Waals surface area contributed by atoms with Crippen LogP contribution in [0.1, 0.15) is 73.6 Å². The summed E-state index contributed by atoms with van der Waals surface area (Å²) in [4.78, 5) is 78.9. The molecule has 14 heteroatoms. The number of carboxylic acid groups (broad SMARTS) is 1. The molecule has 0 spiro atoms. The van der Waals surface area contributed by atoms with Gasteiger partial charge in [0, 0.05) is 6.54 Å². The van der Waals surface area contributed by atoms with E-state index in [-0.39, 0.29) is 36.2 Å². The lowest BCUT2D eigenvalue weighted by Crippen LogP contribution is -2.61. The molecule has 7 N–H and O–H groups in total. The standard InChI is InChI=1S/C29H50N6O8/c1-7-17(6)23(34-26(39)21(15(2)3)32-24(37)18-10-8-12-30-18)27(40)33-22(16(4)5)28(41)35-13-9-11-20(35)25(38)31-19(14-36)29(42)43/h15-23,30,36H,7-14H2,1-6H3,(H,31,38)(H,32,37)(H,33,40)(H,34,39)(H,42,43)/t17-,18-,19-,20-,21-,22-,23-/m0/s1. The van der Waals surface area contributed by atoms with Crippen LogP contribution in [0.15, 0.2) is 0 Å². The normalized spacial score (nSPS) is 21.9. The molecular formula is C29H50N6O8. The molecule has 0 bridgehead atoms. The molecule has 0 aliphatic carbocycles. The van der Waals surface area contributed by atoms with Crippen molar-refractivity contribution in [2.75, 3.05) is 19.7 Å². The number of carboxylic acids is 1. The average molecular weight is 611 g/mol. The highest BCUT2D eigenvalue weighted by Gasteiger charge is 2.41. The summed E-state index contributed by atoms with van der Waals surface area (Å²) in [7, 11) is 0. The van der Waals surface area contributed by atoms with Crippen LogP contribution in [0.25, 0.3) is 0 Å². The minimum atomic E-state index is -1.50. The van der Waals surface area contributed by atoms with E-state index in [0.717, 1.165) is 13.0 Å². The van der Waals surface area contributed by atoms with Crippen molar-refractivity contribution in [3.05, 3.63) is 0 Å². The number of aliphatic carboxylic acids is 1. The van der Waals surface area contributed by atoms with Crippen molar-refractivity contribution < 1.29 is 39.0 Å². The van der Waals surface area contributed by atoms with E-state index >= 15 is 0 Å². The van der Waals surface area contributed by atoms with Gasteiger partial charge in [-0.05, 0) is 50.0 Å². The number of amides is 5. The molecule has 0 aromatic rings. The third-order valence-corrected chi connectivity index (χ3v) is 8.28. The Labute approximate surface area is 253 Å². The van der Waals surface area contributed by atoms with Crippen LogP contribution in [-0.4, -0.2) is 107 Å². The Kier molecular flexibility index (Phi) is 13.8. The molecule has 0 unspecified atom stereocenters. The van der Waals surface area contributed by atoms with E-state index in [1.54, 1.807) is 27.7 Å². The Morgan fingerprint density at radius 1 is 0.814 bits per heavy atom. The quantitative estimate of drug-likeness (QED) is 0.123. The summed E-state index contributed by atoms with van der Waals surface area (Å²) >= 11 is 0. The van der Waals surface area contributed by atoms with Crippen LogP contribution in [0.5, 0.6) is 0 Å². The van der Waals surface area contributed by atoms with Crippen LogP contribution in [-0.2, 0) is 28.8 Å². The van der Waals surface area contributed by atoms with Crippen molar-refractivity contribution >= 4 is 35.5 Å². The summed E-state index contributed by atoms with van der Waals surface area (Å²) < 4.78 is 0. The van der Waals surface area contributed by atoms with Gasteiger partial charge in [0.2, 0.25) is 29.5 Å². The molecule has 43 heavy (non-hydrogen) atoms. The van der Waals surface area contributed by atoms with Crippen molar-refractivity contribution in [1.29, 1.82) is 0 Å². The minimum absolute atomic E-state index is 0.240. The van der Waals surface area contributed by atoms with Gasteiger partial charge in [0.1, 0.15) is 30.2 Å². The average Bonchev–Trinajstić information content (AvgIpc) is 3.67. The number of nitrogens with zero attached hydrogens (tertiary/aromatic N) is 1. The van der Waals surface area contributed by atoms with E-state index in [1.165, 1.54) is 4.90 Å². The van der Waals surface area contributed by atoms with Crippen LogP contribution in [0, 0.1) is 17.8 Å². The maximum absolute atomic E-state index is 13.7. The number of likely N-dealkylation sites (tertiary alicyclic amines) is 1. The lowest BCUT2D eigenvalue weighted by atomic mass is 9.95. The van der Waals surface area contributed by atoms with Crippen molar-refractivity contribution in [1.82, 2.24) is 31.5 Å². The second-order valence-electron chi connectivity index (χ2n) is 12.3. The second-order valence-corrected chi connectivity index (χ2v) is 12.3. The number of rotatable bonds is 15. The molecule has 244 valence electrons. The predicted octanol–water partition coefficient (Wildman–Crippen LogP) is -0.896. The first kappa shape index (κ1) is 35.9. The Bertz CT molecular complexity index is 1010. The molecule has 2 heterocycles. The Balaban J connectivity index is 2.18. The van der Waals surface area contributed by atoms with Crippen LogP contribution < -0.4 is 26.6 Å². The highest BCUT2D eigenvalue weighted by molar-refractivity contribution is 5.96. The molecule has 2 aliphatic heterocycles. The number of aliphatic hydroxyl groups is 1. The summed E-state index contributed by atoms with van der Waals surface area (Å²) in [6.45, 7) is 11.0. The molecule has 2 fully saturated rings. The maximum Gasteiger partial charge on any atom is 0.328 e. The molecule has 0 aromatic carbocycles. The first-order valence-corrected chi connectivity index (χ1v) is 15.3. The van der Waals surface area contributed by atoms with Crippen LogP contribution in [0.2, 0.25) is 0 Å². The zero-order valence-electron chi connectivity index (χ0n) is 26.1. The van der Waals surface area contributed by atoms with E-state index in [1.807, 2.05) is 13.8 Å². The maximum atomic E-state index is 13.7. The highest BCUT2D eigenvalue weighted by atomic mass is 16.4. The molecule has 7 atom stereocenters. The fraction of sp³-hybridized carbons (Fsp3) is 0.793. The predicted molar refractivity (Wildman–Crippen MR) is 157 cm³/mol. The van der Waals surface area contributed by atoms with Gasteiger partial charge in [0.25, 0.3) is 0 Å². The second kappa shape index (κ2) is 16.6. The fourth-order valence-corrected chi connectivity index (χ4v) is 5.33. The molecule has 0 radical (unpaired) electrons. The van der Waals surface area contributed by atoms with Crippen LogP contribution in [0.3, 0.4) is 0 Å². The van der Waals surface area contributed by atoms with Gasteiger partial charge >= 0.3 is 5.97 Å². The van der Waals surface area contributed by atoms with Gasteiger partial charge in [-0.3, -0.25) is 24.0 Å². The van der Waals surface area contributed by atoms with E-state index in [4.69, 9.17) is 0 Å². The number of hydrogen-bond acceptors (Lipinski definition) is 8. The van der Waals surface area contributed by atoms with E-state index in [2.05, 4.69) is 26.6 Å². The molecule has 2 saturated heterocycles.